The Kier molecular flexibility index (Phi) is 2.80. The molecule has 96 valence electrons. The molecule has 1 N–H and O–H groups in total. The molecule has 18 heavy (non-hydrogen) atoms. The molecule has 0 unspecified atom stereocenters. The molecule has 1 saturated heterocycles. The number of piperazine rings is 1. The molecule has 0 spiro atoms. The standard InChI is InChI=1S/C10H16N8/c1-16-3-5-18(6-4-16)14-9-8-10(12-7-11-9)17(2)15-13-8/h7H,3-6H2,1-2H3,(H,11,12,14). The highest BCUT2D eigenvalue weighted by Crippen LogP contribution is 2.16. The van der Waals surface area contributed by atoms with Gasteiger partial charge in [-0.3, -0.25) is 0 Å². The van der Waals surface area contributed by atoms with Crippen LogP contribution in [-0.4, -0.2) is 68.1 Å². The van der Waals surface area contributed by atoms with Gasteiger partial charge in [-0.05, 0) is 7.05 Å². The summed E-state index contributed by atoms with van der Waals surface area (Å²) >= 11 is 0. The molecule has 8 nitrogen and oxygen atoms in total. The van der Waals surface area contributed by atoms with Crippen molar-refractivity contribution in [2.24, 2.45) is 7.05 Å². The largest absolute Gasteiger partial charge is 0.304 e. The van der Waals surface area contributed by atoms with E-state index in [1.165, 1.54) is 6.33 Å². The summed E-state index contributed by atoms with van der Waals surface area (Å²) in [5.74, 6) is 0.720. The van der Waals surface area contributed by atoms with Gasteiger partial charge in [0, 0.05) is 33.2 Å². The summed E-state index contributed by atoms with van der Waals surface area (Å²) in [5, 5.41) is 10.2. The smallest absolute Gasteiger partial charge is 0.183 e. The highest BCUT2D eigenvalue weighted by atomic mass is 15.5. The van der Waals surface area contributed by atoms with E-state index in [-0.39, 0.29) is 0 Å². The number of anilines is 1. The van der Waals surface area contributed by atoms with Crippen molar-refractivity contribution in [2.45, 2.75) is 0 Å². The number of nitrogens with one attached hydrogen (secondary N) is 1. The summed E-state index contributed by atoms with van der Waals surface area (Å²) in [4.78, 5) is 10.7. The van der Waals surface area contributed by atoms with Crippen LogP contribution >= 0.6 is 0 Å². The van der Waals surface area contributed by atoms with Crippen LogP contribution in [0.3, 0.4) is 0 Å². The summed E-state index contributed by atoms with van der Waals surface area (Å²) in [6.07, 6.45) is 1.53. The highest BCUT2D eigenvalue weighted by Gasteiger charge is 2.16. The van der Waals surface area contributed by atoms with Crippen LogP contribution in [0.15, 0.2) is 6.33 Å². The minimum Gasteiger partial charge on any atom is -0.304 e. The van der Waals surface area contributed by atoms with E-state index in [0.29, 0.717) is 5.52 Å². The summed E-state index contributed by atoms with van der Waals surface area (Å²) in [6, 6.07) is 0. The summed E-state index contributed by atoms with van der Waals surface area (Å²) in [5.41, 5.74) is 4.74. The maximum Gasteiger partial charge on any atom is 0.183 e. The maximum absolute atomic E-state index is 4.24. The molecule has 0 aliphatic carbocycles. The van der Waals surface area contributed by atoms with E-state index in [0.717, 1.165) is 37.6 Å². The normalized spacial score (nSPS) is 18.3. The van der Waals surface area contributed by atoms with Crippen molar-refractivity contribution >= 4 is 17.0 Å². The topological polar surface area (TPSA) is 75.0 Å². The van der Waals surface area contributed by atoms with Crippen molar-refractivity contribution in [1.29, 1.82) is 0 Å². The first-order valence-electron chi connectivity index (χ1n) is 5.94. The van der Waals surface area contributed by atoms with Gasteiger partial charge in [-0.15, -0.1) is 5.10 Å². The van der Waals surface area contributed by atoms with E-state index in [1.54, 1.807) is 4.68 Å². The molecule has 2 aromatic heterocycles. The fourth-order valence-electron chi connectivity index (χ4n) is 2.00. The van der Waals surface area contributed by atoms with Gasteiger partial charge >= 0.3 is 0 Å². The maximum atomic E-state index is 4.24. The van der Waals surface area contributed by atoms with Crippen molar-refractivity contribution in [3.63, 3.8) is 0 Å². The molecule has 8 heteroatoms. The van der Waals surface area contributed by atoms with Crippen LogP contribution in [0.2, 0.25) is 0 Å². The average Bonchev–Trinajstić information content (AvgIpc) is 2.76. The minimum atomic E-state index is 0.707. The molecule has 0 radical (unpaired) electrons. The van der Waals surface area contributed by atoms with Crippen LogP contribution in [0.5, 0.6) is 0 Å². The van der Waals surface area contributed by atoms with Crippen LogP contribution in [0.25, 0.3) is 11.2 Å². The lowest BCUT2D eigenvalue weighted by molar-refractivity contribution is 0.178. The molecule has 1 aliphatic heterocycles. The Hall–Kier alpha value is -1.80. The Morgan fingerprint density at radius 1 is 1.11 bits per heavy atom. The average molecular weight is 248 g/mol. The molecular weight excluding hydrogens is 232 g/mol. The molecule has 0 atom stereocenters. The number of hydrazine groups is 1. The zero-order valence-electron chi connectivity index (χ0n) is 10.5. The van der Waals surface area contributed by atoms with Crippen LogP contribution in [-0.2, 0) is 7.05 Å². The first-order chi connectivity index (χ1) is 8.74. The minimum absolute atomic E-state index is 0.707. The van der Waals surface area contributed by atoms with Crippen molar-refractivity contribution in [2.75, 3.05) is 38.7 Å². The quantitative estimate of drug-likeness (QED) is 0.755. The lowest BCUT2D eigenvalue weighted by Gasteiger charge is -2.32. The van der Waals surface area contributed by atoms with Gasteiger partial charge in [0.05, 0.1) is 0 Å². The fraction of sp³-hybridized carbons (Fsp3) is 0.600. The molecule has 1 aliphatic rings. The van der Waals surface area contributed by atoms with E-state index in [2.05, 4.69) is 42.7 Å². The van der Waals surface area contributed by atoms with E-state index < -0.39 is 0 Å². The van der Waals surface area contributed by atoms with Crippen LogP contribution in [0.1, 0.15) is 0 Å². The molecule has 2 aromatic rings. The molecule has 3 heterocycles. The number of nitrogens with zero attached hydrogens (tertiary/aromatic N) is 7. The van der Waals surface area contributed by atoms with Crippen molar-refractivity contribution in [3.05, 3.63) is 6.33 Å². The van der Waals surface area contributed by atoms with E-state index in [1.807, 2.05) is 7.05 Å². The highest BCUT2D eigenvalue weighted by molar-refractivity contribution is 5.81. The second-order valence-electron chi connectivity index (χ2n) is 4.51. The van der Waals surface area contributed by atoms with Crippen LogP contribution in [0, 0.1) is 0 Å². The van der Waals surface area contributed by atoms with E-state index in [9.17, 15) is 0 Å². The van der Waals surface area contributed by atoms with Gasteiger partial charge in [0.25, 0.3) is 0 Å². The number of likely N-dealkylation sites (N-methyl/N-ethyl adjacent to an activating group) is 1. The molecule has 1 fully saturated rings. The summed E-state index contributed by atoms with van der Waals surface area (Å²) in [7, 11) is 3.95. The van der Waals surface area contributed by atoms with Gasteiger partial charge < -0.3 is 10.3 Å². The first kappa shape index (κ1) is 11.3. The Morgan fingerprint density at radius 3 is 2.67 bits per heavy atom. The predicted octanol–water partition coefficient (Wildman–Crippen LogP) is -0.667. The fourth-order valence-corrected chi connectivity index (χ4v) is 2.00. The SMILES string of the molecule is CN1CCN(Nc2ncnc3c2nnn3C)CC1. The van der Waals surface area contributed by atoms with E-state index in [4.69, 9.17) is 0 Å². The number of aryl methyl sites for hydroxylation is 1. The second-order valence-corrected chi connectivity index (χ2v) is 4.51. The number of fused-ring (bicyclic) bond motifs is 1. The molecule has 0 bridgehead atoms. The Labute approximate surface area is 105 Å². The van der Waals surface area contributed by atoms with Gasteiger partial charge in [0.1, 0.15) is 6.33 Å². The lowest BCUT2D eigenvalue weighted by atomic mass is 10.4. The Morgan fingerprint density at radius 2 is 1.89 bits per heavy atom. The third-order valence-electron chi connectivity index (χ3n) is 3.16. The lowest BCUT2D eigenvalue weighted by Crippen LogP contribution is -2.47. The van der Waals surface area contributed by atoms with Crippen molar-refractivity contribution in [1.82, 2.24) is 34.9 Å². The Balaban J connectivity index is 1.82. The number of aromatic nitrogens is 5. The zero-order valence-corrected chi connectivity index (χ0v) is 10.5. The van der Waals surface area contributed by atoms with Crippen LogP contribution in [0.4, 0.5) is 5.82 Å². The van der Waals surface area contributed by atoms with Gasteiger partial charge in [0.2, 0.25) is 0 Å². The monoisotopic (exact) mass is 248 g/mol. The molecular formula is C10H16N8. The Bertz CT molecular complexity index is 542. The van der Waals surface area contributed by atoms with Crippen LogP contribution < -0.4 is 5.43 Å². The zero-order chi connectivity index (χ0) is 12.5. The third-order valence-corrected chi connectivity index (χ3v) is 3.16. The number of rotatable bonds is 2. The van der Waals surface area contributed by atoms with E-state index >= 15 is 0 Å². The molecule has 0 saturated carbocycles. The summed E-state index contributed by atoms with van der Waals surface area (Å²) in [6.45, 7) is 4.01. The molecule has 3 rings (SSSR count). The van der Waals surface area contributed by atoms with Gasteiger partial charge in [-0.2, -0.15) is 0 Å². The second kappa shape index (κ2) is 4.46. The van der Waals surface area contributed by atoms with Gasteiger partial charge in [-0.25, -0.2) is 19.7 Å². The summed E-state index contributed by atoms with van der Waals surface area (Å²) < 4.78 is 1.65. The van der Waals surface area contributed by atoms with Gasteiger partial charge in [-0.1, -0.05) is 5.21 Å². The number of hydrogen-bond acceptors (Lipinski definition) is 7. The predicted molar refractivity (Wildman–Crippen MR) is 66.8 cm³/mol. The number of hydrogen-bond donors (Lipinski definition) is 1. The first-order valence-corrected chi connectivity index (χ1v) is 5.94. The van der Waals surface area contributed by atoms with Crippen molar-refractivity contribution < 1.29 is 0 Å². The van der Waals surface area contributed by atoms with Crippen molar-refractivity contribution in [3.8, 4) is 0 Å². The van der Waals surface area contributed by atoms with Gasteiger partial charge in [0.15, 0.2) is 17.0 Å². The third kappa shape index (κ3) is 2.00. The molecule has 0 amide bonds. The molecule has 0 aromatic carbocycles.